The molecule has 14 heteroatoms. The maximum absolute atomic E-state index is 13.9. The molecule has 1 heterocycles. The van der Waals surface area contributed by atoms with Gasteiger partial charge in [0.05, 0.1) is 29.9 Å². The number of aliphatic hydroxyl groups excluding tert-OH is 4. The minimum Gasteiger partial charge on any atom is -0.507 e. The number of rotatable bonds is 5. The fourth-order valence-electron chi connectivity index (χ4n) is 5.96. The molecule has 224 valence electrons. The molecule has 8 atom stereocenters. The van der Waals surface area contributed by atoms with Crippen molar-refractivity contribution >= 4 is 23.5 Å². The zero-order valence-corrected chi connectivity index (χ0v) is 22.3. The fraction of sp³-hybridized carbons (Fsp3) is 0.429. The van der Waals surface area contributed by atoms with Crippen molar-refractivity contribution in [2.24, 2.45) is 0 Å². The van der Waals surface area contributed by atoms with E-state index in [1.807, 2.05) is 0 Å². The number of carboxylic acid groups (broad SMARTS) is 1. The summed E-state index contributed by atoms with van der Waals surface area (Å²) in [6, 6.07) is 4.95. The second kappa shape index (κ2) is 10.4. The highest BCUT2D eigenvalue weighted by Gasteiger charge is 2.52. The number of benzene rings is 2. The van der Waals surface area contributed by atoms with E-state index < -0.39 is 88.7 Å². The van der Waals surface area contributed by atoms with Crippen molar-refractivity contribution < 1.29 is 69.1 Å². The molecule has 0 unspecified atom stereocenters. The van der Waals surface area contributed by atoms with Crippen molar-refractivity contribution in [3.63, 3.8) is 0 Å². The first-order valence-electron chi connectivity index (χ1n) is 13.0. The van der Waals surface area contributed by atoms with Gasteiger partial charge < -0.3 is 50.0 Å². The third-order valence-corrected chi connectivity index (χ3v) is 8.18. The van der Waals surface area contributed by atoms with Gasteiger partial charge in [0.15, 0.2) is 11.9 Å². The van der Waals surface area contributed by atoms with E-state index in [2.05, 4.69) is 0 Å². The Labute approximate surface area is 237 Å². The zero-order chi connectivity index (χ0) is 30.8. The van der Waals surface area contributed by atoms with Crippen molar-refractivity contribution in [2.45, 2.75) is 68.1 Å². The lowest BCUT2D eigenvalue weighted by molar-refractivity contribution is -0.271. The first kappa shape index (κ1) is 29.6. The van der Waals surface area contributed by atoms with Crippen LogP contribution in [-0.2, 0) is 19.1 Å². The average Bonchev–Trinajstić information content (AvgIpc) is 2.95. The van der Waals surface area contributed by atoms with Gasteiger partial charge in [0.25, 0.3) is 0 Å². The lowest BCUT2D eigenvalue weighted by Gasteiger charge is -2.42. The largest absolute Gasteiger partial charge is 0.507 e. The number of ether oxygens (including phenoxy) is 3. The lowest BCUT2D eigenvalue weighted by atomic mass is 9.67. The van der Waals surface area contributed by atoms with Gasteiger partial charge in [-0.25, -0.2) is 4.79 Å². The molecular weight excluding hydrogens is 560 g/mol. The summed E-state index contributed by atoms with van der Waals surface area (Å²) in [6.45, 7) is 1.59. The Kier molecular flexibility index (Phi) is 7.33. The highest BCUT2D eigenvalue weighted by Crippen LogP contribution is 2.52. The number of aromatic hydroxyl groups is 1. The van der Waals surface area contributed by atoms with Crippen LogP contribution in [0.3, 0.4) is 0 Å². The average molecular weight is 589 g/mol. The Bertz CT molecular complexity index is 1500. The number of methoxy groups -OCH3 is 1. The van der Waals surface area contributed by atoms with Crippen molar-refractivity contribution in [3.8, 4) is 11.5 Å². The first-order chi connectivity index (χ1) is 19.8. The lowest BCUT2D eigenvalue weighted by Crippen LogP contribution is -2.61. The summed E-state index contributed by atoms with van der Waals surface area (Å²) < 4.78 is 15.6. The van der Waals surface area contributed by atoms with Gasteiger partial charge in [0.1, 0.15) is 35.7 Å². The maximum Gasteiger partial charge on any atom is 0.335 e. The van der Waals surface area contributed by atoms with E-state index in [1.165, 1.54) is 18.2 Å². The number of phenols is 1. The van der Waals surface area contributed by atoms with Crippen LogP contribution in [0.1, 0.15) is 74.8 Å². The molecule has 1 aliphatic heterocycles. The Morgan fingerprint density at radius 3 is 2.33 bits per heavy atom. The van der Waals surface area contributed by atoms with Crippen LogP contribution < -0.4 is 4.74 Å². The molecule has 2 aliphatic carbocycles. The SMILES string of the molecule is CC[C@@]1(O)C[C@H](O)c2c(cc3c(c2O)C(=O)c2c(O[C@@H]4O[C@@H](C(=O)O)[C@@H](O)[C@H](O)[C@H]4O)cccc2C3=O)[C@@H]1C(=O)OC. The van der Waals surface area contributed by atoms with Crippen LogP contribution in [-0.4, -0.2) is 103 Å². The predicted octanol–water partition coefficient (Wildman–Crippen LogP) is -0.727. The van der Waals surface area contributed by atoms with Crippen molar-refractivity contribution in [2.75, 3.05) is 7.11 Å². The number of carbonyl (C=O) groups is 4. The van der Waals surface area contributed by atoms with E-state index >= 15 is 0 Å². The van der Waals surface area contributed by atoms with Gasteiger partial charge in [-0.2, -0.15) is 0 Å². The summed E-state index contributed by atoms with van der Waals surface area (Å²) in [5.74, 6) is -6.85. The monoisotopic (exact) mass is 588 g/mol. The zero-order valence-electron chi connectivity index (χ0n) is 22.3. The number of aliphatic hydroxyl groups is 5. The number of phenolic OH excluding ortho intramolecular Hbond substituents is 1. The Morgan fingerprint density at radius 2 is 1.71 bits per heavy atom. The predicted molar refractivity (Wildman–Crippen MR) is 136 cm³/mol. The molecular formula is C28H28O14. The molecule has 1 saturated heterocycles. The van der Waals surface area contributed by atoms with Crippen LogP contribution in [0.25, 0.3) is 0 Å². The summed E-state index contributed by atoms with van der Waals surface area (Å²) in [6.07, 6.45) is -11.7. The van der Waals surface area contributed by atoms with E-state index in [-0.39, 0.29) is 40.8 Å². The normalized spacial score (nSPS) is 31.9. The van der Waals surface area contributed by atoms with Crippen LogP contribution in [0.15, 0.2) is 24.3 Å². The molecule has 0 bridgehead atoms. The van der Waals surface area contributed by atoms with Crippen LogP contribution >= 0.6 is 0 Å². The number of esters is 1. The molecule has 0 radical (unpaired) electrons. The molecule has 0 amide bonds. The first-order valence-corrected chi connectivity index (χ1v) is 13.0. The second-order valence-corrected chi connectivity index (χ2v) is 10.5. The van der Waals surface area contributed by atoms with Gasteiger partial charge in [0, 0.05) is 23.1 Å². The maximum atomic E-state index is 13.9. The molecule has 0 aromatic heterocycles. The summed E-state index contributed by atoms with van der Waals surface area (Å²) in [7, 11) is 1.10. The molecule has 5 rings (SSSR count). The molecule has 7 N–H and O–H groups in total. The standard InChI is InChI=1S/C28H28O14/c1-3-28(39)8-12(29)14-10(17(28)26(38)40-2)7-11-16(19(14)31)20(32)15-9(18(11)30)5-4-6-13(15)41-27-23(35)21(33)22(34)24(42-27)25(36)37/h4-7,12,17,21-24,27,29,31,33-35,39H,3,8H2,1-2H3,(H,36,37)/t12-,17+,21-,22-,23+,24+,27+,28+/m0/s1. The highest BCUT2D eigenvalue weighted by molar-refractivity contribution is 6.30. The van der Waals surface area contributed by atoms with Crippen molar-refractivity contribution in [3.05, 3.63) is 57.6 Å². The molecule has 3 aliphatic rings. The summed E-state index contributed by atoms with van der Waals surface area (Å²) in [5, 5.41) is 73.2. The van der Waals surface area contributed by atoms with E-state index in [4.69, 9.17) is 14.2 Å². The Hall–Kier alpha value is -3.92. The molecule has 1 fully saturated rings. The van der Waals surface area contributed by atoms with Gasteiger partial charge in [-0.05, 0) is 24.1 Å². The number of fused-ring (bicyclic) bond motifs is 3. The van der Waals surface area contributed by atoms with Crippen molar-refractivity contribution in [1.29, 1.82) is 0 Å². The van der Waals surface area contributed by atoms with Crippen LogP contribution in [0, 0.1) is 0 Å². The molecule has 2 aromatic rings. The number of hydrogen-bond donors (Lipinski definition) is 7. The minimum atomic E-state index is -2.00. The van der Waals surface area contributed by atoms with Crippen LogP contribution in [0.5, 0.6) is 11.5 Å². The van der Waals surface area contributed by atoms with Crippen LogP contribution in [0.2, 0.25) is 0 Å². The molecule has 0 spiro atoms. The molecule has 42 heavy (non-hydrogen) atoms. The number of carboxylic acids is 1. The number of hydrogen-bond acceptors (Lipinski definition) is 13. The third kappa shape index (κ3) is 4.26. The molecule has 0 saturated carbocycles. The van der Waals surface area contributed by atoms with E-state index in [9.17, 15) is 54.9 Å². The summed E-state index contributed by atoms with van der Waals surface area (Å²) in [5.41, 5.74) is -3.55. The molecule has 14 nitrogen and oxygen atoms in total. The summed E-state index contributed by atoms with van der Waals surface area (Å²) in [4.78, 5) is 51.8. The van der Waals surface area contributed by atoms with E-state index in [1.54, 1.807) is 6.92 Å². The van der Waals surface area contributed by atoms with Gasteiger partial charge in [0.2, 0.25) is 12.1 Å². The number of carbonyl (C=O) groups excluding carboxylic acids is 3. The summed E-state index contributed by atoms with van der Waals surface area (Å²) >= 11 is 0. The second-order valence-electron chi connectivity index (χ2n) is 10.5. The van der Waals surface area contributed by atoms with Gasteiger partial charge in [-0.3, -0.25) is 14.4 Å². The van der Waals surface area contributed by atoms with Gasteiger partial charge in [-0.1, -0.05) is 19.1 Å². The third-order valence-electron chi connectivity index (χ3n) is 8.18. The molecule has 2 aromatic carbocycles. The number of aliphatic carboxylic acids is 1. The highest BCUT2D eigenvalue weighted by atomic mass is 16.7. The van der Waals surface area contributed by atoms with Gasteiger partial charge in [-0.15, -0.1) is 0 Å². The number of ketones is 2. The smallest absolute Gasteiger partial charge is 0.335 e. The Balaban J connectivity index is 1.62. The topological polar surface area (TPSA) is 238 Å². The Morgan fingerprint density at radius 1 is 1.02 bits per heavy atom. The minimum absolute atomic E-state index is 0.0150. The van der Waals surface area contributed by atoms with E-state index in [0.29, 0.717) is 0 Å². The quantitative estimate of drug-likeness (QED) is 0.182. The van der Waals surface area contributed by atoms with E-state index in [0.717, 1.165) is 13.2 Å². The van der Waals surface area contributed by atoms with Crippen LogP contribution in [0.4, 0.5) is 0 Å². The fourth-order valence-corrected chi connectivity index (χ4v) is 5.96. The van der Waals surface area contributed by atoms with Gasteiger partial charge >= 0.3 is 11.9 Å². The van der Waals surface area contributed by atoms with Crippen molar-refractivity contribution in [1.82, 2.24) is 0 Å².